The zero-order valence-electron chi connectivity index (χ0n) is 8.17. The zero-order chi connectivity index (χ0) is 11.1. The second-order valence-corrected chi connectivity index (χ2v) is 2.67. The van der Waals surface area contributed by atoms with E-state index < -0.39 is 0 Å². The topological polar surface area (TPSA) is 85.1 Å². The Balaban J connectivity index is 0.000000791. The van der Waals surface area contributed by atoms with E-state index in [1.54, 1.807) is 18.2 Å². The minimum Gasteiger partial charge on any atom is -0.495 e. The van der Waals surface area contributed by atoms with Crippen LogP contribution in [0.25, 0.3) is 0 Å². The summed E-state index contributed by atoms with van der Waals surface area (Å²) in [6.45, 7) is 0. The lowest BCUT2D eigenvalue weighted by molar-refractivity contribution is 0.415. The van der Waals surface area contributed by atoms with Crippen LogP contribution >= 0.6 is 11.6 Å². The predicted octanol–water partition coefficient (Wildman–Crippen LogP) is 1.21. The number of nitrogens with two attached hydrogens (primary N) is 2. The molecule has 0 heterocycles. The molecule has 4 nitrogen and oxygen atoms in total. The summed E-state index contributed by atoms with van der Waals surface area (Å²) in [5, 5.41) is 7.60. The second-order valence-electron chi connectivity index (χ2n) is 2.26. The number of nitrogens with one attached hydrogen (secondary N) is 1. The van der Waals surface area contributed by atoms with Crippen molar-refractivity contribution in [3.8, 4) is 5.75 Å². The molecule has 0 aliphatic carbocycles. The molecular weight excluding hydrogens is 202 g/mol. The van der Waals surface area contributed by atoms with Gasteiger partial charge in [-0.15, -0.1) is 0 Å². The SMILES string of the molecule is CN.COc1ccc(C(=N)N)cc1Cl. The third kappa shape index (κ3) is 3.24. The van der Waals surface area contributed by atoms with Crippen molar-refractivity contribution in [3.63, 3.8) is 0 Å². The normalized spacial score (nSPS) is 8.57. The Morgan fingerprint density at radius 2 is 2.00 bits per heavy atom. The molecule has 0 spiro atoms. The Labute approximate surface area is 88.3 Å². The fraction of sp³-hybridized carbons (Fsp3) is 0.222. The number of rotatable bonds is 2. The molecular formula is C9H14ClN3O. The van der Waals surface area contributed by atoms with Crippen LogP contribution in [0, 0.1) is 5.41 Å². The summed E-state index contributed by atoms with van der Waals surface area (Å²) in [6.07, 6.45) is 0. The van der Waals surface area contributed by atoms with Crippen LogP contribution in [-0.4, -0.2) is 20.0 Å². The standard InChI is InChI=1S/C8H9ClN2O.CH5N/c1-12-7-3-2-5(8(10)11)4-6(7)9;1-2/h2-4H,1H3,(H3,10,11);2H2,1H3. The van der Waals surface area contributed by atoms with Crippen molar-refractivity contribution < 1.29 is 4.74 Å². The summed E-state index contributed by atoms with van der Waals surface area (Å²) in [5.41, 5.74) is 10.4. The molecule has 5 heteroatoms. The number of benzene rings is 1. The van der Waals surface area contributed by atoms with Gasteiger partial charge in [0.2, 0.25) is 0 Å². The molecule has 0 bridgehead atoms. The zero-order valence-corrected chi connectivity index (χ0v) is 8.93. The van der Waals surface area contributed by atoms with E-state index in [2.05, 4.69) is 5.73 Å². The minimum absolute atomic E-state index is 0.000414. The summed E-state index contributed by atoms with van der Waals surface area (Å²) in [7, 11) is 3.04. The maximum Gasteiger partial charge on any atom is 0.137 e. The van der Waals surface area contributed by atoms with Crippen LogP contribution in [0.5, 0.6) is 5.75 Å². The van der Waals surface area contributed by atoms with Crippen molar-refractivity contribution in [1.29, 1.82) is 5.41 Å². The van der Waals surface area contributed by atoms with E-state index in [0.29, 0.717) is 16.3 Å². The Bertz CT molecular complexity index is 315. The first kappa shape index (κ1) is 12.7. The first-order valence-corrected chi connectivity index (χ1v) is 4.28. The molecule has 1 aromatic rings. The first-order chi connectivity index (χ1) is 6.65. The highest BCUT2D eigenvalue weighted by molar-refractivity contribution is 6.32. The van der Waals surface area contributed by atoms with Gasteiger partial charge in [0.05, 0.1) is 12.1 Å². The largest absolute Gasteiger partial charge is 0.495 e. The van der Waals surface area contributed by atoms with Crippen LogP contribution in [0.15, 0.2) is 18.2 Å². The van der Waals surface area contributed by atoms with Gasteiger partial charge in [0.15, 0.2) is 0 Å². The second kappa shape index (κ2) is 6.23. The molecule has 1 aromatic carbocycles. The van der Waals surface area contributed by atoms with Gasteiger partial charge in [-0.25, -0.2) is 0 Å². The Kier molecular flexibility index (Phi) is 5.67. The van der Waals surface area contributed by atoms with Gasteiger partial charge in [0.1, 0.15) is 11.6 Å². The number of methoxy groups -OCH3 is 1. The quantitative estimate of drug-likeness (QED) is 0.512. The highest BCUT2D eigenvalue weighted by atomic mass is 35.5. The van der Waals surface area contributed by atoms with Gasteiger partial charge < -0.3 is 16.2 Å². The van der Waals surface area contributed by atoms with E-state index in [1.807, 2.05) is 0 Å². The third-order valence-electron chi connectivity index (χ3n) is 1.46. The van der Waals surface area contributed by atoms with Crippen molar-refractivity contribution in [1.82, 2.24) is 0 Å². The number of hydrogen-bond acceptors (Lipinski definition) is 3. The van der Waals surface area contributed by atoms with E-state index in [4.69, 9.17) is 27.5 Å². The van der Waals surface area contributed by atoms with E-state index in [0.717, 1.165) is 0 Å². The average molecular weight is 216 g/mol. The van der Waals surface area contributed by atoms with Gasteiger partial charge in [0, 0.05) is 5.56 Å². The average Bonchev–Trinajstić information content (AvgIpc) is 2.20. The number of hydrogen-bond donors (Lipinski definition) is 3. The number of nitrogen functional groups attached to an aromatic ring is 1. The van der Waals surface area contributed by atoms with E-state index in [9.17, 15) is 0 Å². The maximum absolute atomic E-state index is 7.14. The Morgan fingerprint density at radius 1 is 1.43 bits per heavy atom. The highest BCUT2D eigenvalue weighted by Crippen LogP contribution is 2.24. The van der Waals surface area contributed by atoms with E-state index in [-0.39, 0.29) is 5.84 Å². The molecule has 5 N–H and O–H groups in total. The molecule has 0 unspecified atom stereocenters. The molecule has 0 aliphatic rings. The minimum atomic E-state index is -0.000414. The van der Waals surface area contributed by atoms with Crippen LogP contribution in [0.4, 0.5) is 0 Å². The molecule has 0 fully saturated rings. The number of amidine groups is 1. The van der Waals surface area contributed by atoms with Gasteiger partial charge in [-0.3, -0.25) is 5.41 Å². The van der Waals surface area contributed by atoms with Gasteiger partial charge in [0.25, 0.3) is 0 Å². The molecule has 0 aromatic heterocycles. The first-order valence-electron chi connectivity index (χ1n) is 3.91. The highest BCUT2D eigenvalue weighted by Gasteiger charge is 2.02. The molecule has 78 valence electrons. The van der Waals surface area contributed by atoms with E-state index >= 15 is 0 Å². The van der Waals surface area contributed by atoms with Crippen molar-refractivity contribution in [2.24, 2.45) is 11.5 Å². The maximum atomic E-state index is 7.14. The Morgan fingerprint density at radius 3 is 2.36 bits per heavy atom. The number of ether oxygens (including phenoxy) is 1. The summed E-state index contributed by atoms with van der Waals surface area (Å²) in [4.78, 5) is 0. The molecule has 0 aliphatic heterocycles. The van der Waals surface area contributed by atoms with Gasteiger partial charge >= 0.3 is 0 Å². The molecule has 0 saturated carbocycles. The molecule has 0 radical (unpaired) electrons. The number of halogens is 1. The summed E-state index contributed by atoms with van der Waals surface area (Å²) >= 11 is 5.80. The van der Waals surface area contributed by atoms with Crippen molar-refractivity contribution in [2.75, 3.05) is 14.2 Å². The summed E-state index contributed by atoms with van der Waals surface area (Å²) in [6, 6.07) is 4.97. The van der Waals surface area contributed by atoms with Crippen LogP contribution in [-0.2, 0) is 0 Å². The molecule has 0 amide bonds. The summed E-state index contributed by atoms with van der Waals surface area (Å²) < 4.78 is 4.94. The molecule has 0 atom stereocenters. The van der Waals surface area contributed by atoms with Crippen molar-refractivity contribution in [2.45, 2.75) is 0 Å². The van der Waals surface area contributed by atoms with Crippen LogP contribution < -0.4 is 16.2 Å². The fourth-order valence-corrected chi connectivity index (χ4v) is 1.09. The van der Waals surface area contributed by atoms with Gasteiger partial charge in [-0.2, -0.15) is 0 Å². The lowest BCUT2D eigenvalue weighted by Gasteiger charge is -2.03. The lowest BCUT2D eigenvalue weighted by atomic mass is 10.2. The van der Waals surface area contributed by atoms with Crippen LogP contribution in [0.1, 0.15) is 5.56 Å². The fourth-order valence-electron chi connectivity index (χ4n) is 0.834. The van der Waals surface area contributed by atoms with Crippen molar-refractivity contribution in [3.05, 3.63) is 28.8 Å². The molecule has 1 rings (SSSR count). The third-order valence-corrected chi connectivity index (χ3v) is 1.76. The predicted molar refractivity (Wildman–Crippen MR) is 59.1 cm³/mol. The summed E-state index contributed by atoms with van der Waals surface area (Å²) in [5.74, 6) is 0.584. The van der Waals surface area contributed by atoms with Gasteiger partial charge in [-0.1, -0.05) is 11.6 Å². The van der Waals surface area contributed by atoms with Crippen LogP contribution in [0.3, 0.4) is 0 Å². The molecule has 0 saturated heterocycles. The lowest BCUT2D eigenvalue weighted by Crippen LogP contribution is -2.10. The van der Waals surface area contributed by atoms with E-state index in [1.165, 1.54) is 14.2 Å². The van der Waals surface area contributed by atoms with Crippen LogP contribution in [0.2, 0.25) is 5.02 Å². The molecule has 14 heavy (non-hydrogen) atoms. The van der Waals surface area contributed by atoms with Gasteiger partial charge in [-0.05, 0) is 25.2 Å². The smallest absolute Gasteiger partial charge is 0.137 e. The van der Waals surface area contributed by atoms with Crippen molar-refractivity contribution >= 4 is 17.4 Å². The Hall–Kier alpha value is -1.26. The monoisotopic (exact) mass is 215 g/mol.